The molecular formula is C32H37N7O8. The molecule has 1 unspecified atom stereocenters. The highest BCUT2D eigenvalue weighted by Gasteiger charge is 2.56. The minimum atomic E-state index is -0.864. The summed E-state index contributed by atoms with van der Waals surface area (Å²) in [5.74, 6) is 0.711. The van der Waals surface area contributed by atoms with Gasteiger partial charge in [-0.3, -0.25) is 9.36 Å². The number of amides is 2. The summed E-state index contributed by atoms with van der Waals surface area (Å²) >= 11 is 0. The normalized spacial score (nSPS) is 21.2. The van der Waals surface area contributed by atoms with Crippen LogP contribution in [0.2, 0.25) is 0 Å². The van der Waals surface area contributed by atoms with Gasteiger partial charge in [0.15, 0.2) is 29.0 Å². The number of fused-ring (bicyclic) bond motifs is 2. The molecule has 4 atom stereocenters. The number of imidazole rings is 1. The summed E-state index contributed by atoms with van der Waals surface area (Å²) < 4.78 is 36.2. The lowest BCUT2D eigenvalue weighted by molar-refractivity contribution is -0.195. The van der Waals surface area contributed by atoms with Crippen molar-refractivity contribution in [3.63, 3.8) is 0 Å². The van der Waals surface area contributed by atoms with Crippen LogP contribution in [0.3, 0.4) is 0 Å². The van der Waals surface area contributed by atoms with Crippen LogP contribution in [0.15, 0.2) is 61.2 Å². The highest BCUT2D eigenvalue weighted by atomic mass is 16.8. The number of methoxy groups -OCH3 is 2. The molecule has 15 nitrogen and oxygen atoms in total. The molecule has 2 aliphatic heterocycles. The van der Waals surface area contributed by atoms with Crippen molar-refractivity contribution in [1.82, 2.24) is 30.2 Å². The number of rotatable bonds is 12. The van der Waals surface area contributed by atoms with Crippen LogP contribution in [0.4, 0.5) is 10.6 Å². The molecule has 2 aromatic carbocycles. The smallest absolute Gasteiger partial charge is 0.325 e. The van der Waals surface area contributed by atoms with Gasteiger partial charge < -0.3 is 44.4 Å². The maximum Gasteiger partial charge on any atom is 0.325 e. The Morgan fingerprint density at radius 1 is 0.915 bits per heavy atom. The molecule has 3 N–H and O–H groups in total. The number of anilines is 1. The predicted octanol–water partition coefficient (Wildman–Crippen LogP) is 2.92. The van der Waals surface area contributed by atoms with E-state index in [4.69, 9.17) is 23.7 Å². The van der Waals surface area contributed by atoms with Gasteiger partial charge in [-0.05, 0) is 49.2 Å². The van der Waals surface area contributed by atoms with Crippen LogP contribution in [0.1, 0.15) is 31.2 Å². The molecule has 0 saturated carbocycles. The Balaban J connectivity index is 1.09. The lowest BCUT2D eigenvalue weighted by Gasteiger charge is -2.25. The first kappa shape index (κ1) is 32.0. The van der Waals surface area contributed by atoms with Crippen LogP contribution < -0.4 is 25.4 Å². The third-order valence-corrected chi connectivity index (χ3v) is 7.79. The summed E-state index contributed by atoms with van der Waals surface area (Å²) in [6.45, 7) is 4.46. The molecule has 15 heteroatoms. The van der Waals surface area contributed by atoms with Gasteiger partial charge in [-0.25, -0.2) is 19.7 Å². The van der Waals surface area contributed by atoms with E-state index in [1.807, 2.05) is 62.4 Å². The number of nitrogens with zero attached hydrogens (tertiary/aromatic N) is 4. The van der Waals surface area contributed by atoms with E-state index in [0.29, 0.717) is 30.1 Å². The second-order valence-corrected chi connectivity index (χ2v) is 11.5. The SMILES string of the molecule is COC(=O)CNC(=O)NC[C@H]1O[C@@H](n2cnc3c(NCc4ccc(OCc5ccc(OC)cc5)cc4)ncnc32)C2OC(C)(C)O[C@H]21. The number of benzene rings is 2. The lowest BCUT2D eigenvalue weighted by atomic mass is 10.1. The molecule has 6 rings (SSSR count). The Kier molecular flexibility index (Phi) is 9.38. The first-order valence-electron chi connectivity index (χ1n) is 15.1. The molecule has 4 heterocycles. The molecule has 248 valence electrons. The van der Waals surface area contributed by atoms with Gasteiger partial charge in [-0.15, -0.1) is 0 Å². The number of urea groups is 1. The second kappa shape index (κ2) is 13.8. The number of carbonyl (C=O) groups excluding carboxylic acids is 2. The highest BCUT2D eigenvalue weighted by molar-refractivity contribution is 5.83. The second-order valence-electron chi connectivity index (χ2n) is 11.5. The number of hydrogen-bond donors (Lipinski definition) is 3. The first-order valence-corrected chi connectivity index (χ1v) is 15.1. The zero-order valence-electron chi connectivity index (χ0n) is 26.5. The molecule has 0 radical (unpaired) electrons. The van der Waals surface area contributed by atoms with E-state index >= 15 is 0 Å². The number of ether oxygens (including phenoxy) is 6. The third kappa shape index (κ3) is 7.37. The Morgan fingerprint density at radius 2 is 1.64 bits per heavy atom. The summed E-state index contributed by atoms with van der Waals surface area (Å²) in [6.07, 6.45) is 0.946. The fraction of sp³-hybridized carbons (Fsp3) is 0.406. The third-order valence-electron chi connectivity index (χ3n) is 7.79. The van der Waals surface area contributed by atoms with Crippen LogP contribution in [-0.4, -0.2) is 82.9 Å². The van der Waals surface area contributed by atoms with Crippen molar-refractivity contribution in [2.75, 3.05) is 32.6 Å². The molecule has 2 fully saturated rings. The van der Waals surface area contributed by atoms with E-state index in [9.17, 15) is 9.59 Å². The van der Waals surface area contributed by atoms with Gasteiger partial charge in [-0.2, -0.15) is 0 Å². The Hall–Kier alpha value is -4.99. The number of hydrogen-bond acceptors (Lipinski definition) is 12. The monoisotopic (exact) mass is 647 g/mol. The van der Waals surface area contributed by atoms with E-state index in [-0.39, 0.29) is 13.1 Å². The summed E-state index contributed by atoms with van der Waals surface area (Å²) in [4.78, 5) is 37.1. The molecule has 2 saturated heterocycles. The van der Waals surface area contributed by atoms with Crippen LogP contribution in [-0.2, 0) is 36.9 Å². The van der Waals surface area contributed by atoms with Gasteiger partial charge in [0.2, 0.25) is 0 Å². The van der Waals surface area contributed by atoms with Crippen molar-refractivity contribution in [2.24, 2.45) is 0 Å². The van der Waals surface area contributed by atoms with Gasteiger partial charge in [0.25, 0.3) is 0 Å². The van der Waals surface area contributed by atoms with Gasteiger partial charge in [0.05, 0.1) is 20.5 Å². The molecule has 2 aliphatic rings. The number of carbonyl (C=O) groups is 2. The fourth-order valence-electron chi connectivity index (χ4n) is 5.47. The molecule has 0 aliphatic carbocycles. The van der Waals surface area contributed by atoms with E-state index in [0.717, 1.165) is 22.6 Å². The van der Waals surface area contributed by atoms with Crippen LogP contribution in [0.25, 0.3) is 11.2 Å². The van der Waals surface area contributed by atoms with Gasteiger partial charge in [-0.1, -0.05) is 24.3 Å². The van der Waals surface area contributed by atoms with Gasteiger partial charge in [0.1, 0.15) is 49.3 Å². The summed E-state index contributed by atoms with van der Waals surface area (Å²) in [7, 11) is 2.89. The van der Waals surface area contributed by atoms with E-state index in [1.54, 1.807) is 18.0 Å². The summed E-state index contributed by atoms with van der Waals surface area (Å²) in [6, 6.07) is 15.1. The molecule has 4 aromatic rings. The maximum atomic E-state index is 12.2. The van der Waals surface area contributed by atoms with Crippen molar-refractivity contribution >= 4 is 29.0 Å². The standard InChI is InChI=1S/C32H37N7O8/c1-32(2)46-26-23(14-34-31(41)35-15-24(40)43-4)45-30(27(26)47-32)39-18-38-25-28(36-17-37-29(25)39)33-13-19-5-11-22(12-6-19)44-16-20-7-9-21(42-3)10-8-20/h5-12,17-18,23,26-27,30H,13-16H2,1-4H3,(H,33,36,37)(H2,34,35,41)/t23-,26+,27?,30-/m1/s1. The molecular weight excluding hydrogens is 610 g/mol. The topological polar surface area (TPSA) is 169 Å². The zero-order valence-corrected chi connectivity index (χ0v) is 26.5. The highest BCUT2D eigenvalue weighted by Crippen LogP contribution is 2.43. The zero-order chi connectivity index (χ0) is 33.0. The molecule has 2 amide bonds. The van der Waals surface area contributed by atoms with Crippen molar-refractivity contribution < 1.29 is 38.0 Å². The molecule has 0 spiro atoms. The first-order chi connectivity index (χ1) is 22.7. The van der Waals surface area contributed by atoms with Crippen LogP contribution >= 0.6 is 0 Å². The quantitative estimate of drug-likeness (QED) is 0.193. The van der Waals surface area contributed by atoms with Crippen LogP contribution in [0.5, 0.6) is 11.5 Å². The van der Waals surface area contributed by atoms with Crippen molar-refractivity contribution in [1.29, 1.82) is 0 Å². The Bertz CT molecular complexity index is 1700. The number of nitrogens with one attached hydrogen (secondary N) is 3. The van der Waals surface area contributed by atoms with Crippen molar-refractivity contribution in [3.05, 3.63) is 72.3 Å². The minimum absolute atomic E-state index is 0.115. The van der Waals surface area contributed by atoms with Gasteiger partial charge in [0, 0.05) is 13.1 Å². The Morgan fingerprint density at radius 3 is 2.38 bits per heavy atom. The van der Waals surface area contributed by atoms with E-state index in [2.05, 4.69) is 35.6 Å². The lowest BCUT2D eigenvalue weighted by Crippen LogP contribution is -2.45. The number of aromatic nitrogens is 4. The van der Waals surface area contributed by atoms with Crippen LogP contribution in [0, 0.1) is 0 Å². The molecule has 0 bridgehead atoms. The minimum Gasteiger partial charge on any atom is -0.497 e. The Labute approximate surface area is 270 Å². The maximum absolute atomic E-state index is 12.2. The van der Waals surface area contributed by atoms with E-state index in [1.165, 1.54) is 13.4 Å². The summed E-state index contributed by atoms with van der Waals surface area (Å²) in [5, 5.41) is 8.52. The summed E-state index contributed by atoms with van der Waals surface area (Å²) in [5.41, 5.74) is 3.19. The average molecular weight is 648 g/mol. The fourth-order valence-corrected chi connectivity index (χ4v) is 5.47. The largest absolute Gasteiger partial charge is 0.497 e. The number of esters is 1. The predicted molar refractivity (Wildman–Crippen MR) is 168 cm³/mol. The van der Waals surface area contributed by atoms with E-state index < -0.39 is 42.3 Å². The molecule has 2 aromatic heterocycles. The van der Waals surface area contributed by atoms with Crippen molar-refractivity contribution in [2.45, 2.75) is 57.3 Å². The van der Waals surface area contributed by atoms with Gasteiger partial charge >= 0.3 is 12.0 Å². The van der Waals surface area contributed by atoms with Crippen molar-refractivity contribution in [3.8, 4) is 11.5 Å². The molecule has 47 heavy (non-hydrogen) atoms. The average Bonchev–Trinajstić information content (AvgIpc) is 3.75.